The van der Waals surface area contributed by atoms with E-state index in [9.17, 15) is 4.79 Å². The number of nitrogens with one attached hydrogen (secondary N) is 1. The zero-order valence-electron chi connectivity index (χ0n) is 18.7. The van der Waals surface area contributed by atoms with Crippen LogP contribution in [0.1, 0.15) is 52.2 Å². The van der Waals surface area contributed by atoms with E-state index in [0.717, 1.165) is 12.2 Å². The van der Waals surface area contributed by atoms with E-state index in [0.29, 0.717) is 18.9 Å². The third-order valence-corrected chi connectivity index (χ3v) is 4.69. The van der Waals surface area contributed by atoms with Crippen LogP contribution in [0.5, 0.6) is 11.5 Å². The fraction of sp³-hybridized carbons (Fsp3) is 0.480. The van der Waals surface area contributed by atoms with Crippen molar-refractivity contribution in [3.8, 4) is 11.5 Å². The van der Waals surface area contributed by atoms with Crippen LogP contribution >= 0.6 is 0 Å². The molecule has 0 radical (unpaired) electrons. The summed E-state index contributed by atoms with van der Waals surface area (Å²) in [4.78, 5) is 12.0. The minimum atomic E-state index is -0.158. The minimum absolute atomic E-state index is 0.00470. The highest BCUT2D eigenvalue weighted by atomic mass is 16.5. The molecule has 0 saturated carbocycles. The first-order valence-electron chi connectivity index (χ1n) is 10.2. The molecule has 0 unspecified atom stereocenters. The molecule has 2 rings (SSSR count). The van der Waals surface area contributed by atoms with Crippen molar-refractivity contribution in [2.75, 3.05) is 19.8 Å². The molecule has 0 aliphatic heterocycles. The monoisotopic (exact) mass is 397 g/mol. The van der Waals surface area contributed by atoms with E-state index in [-0.39, 0.29) is 23.3 Å². The summed E-state index contributed by atoms with van der Waals surface area (Å²) in [5.41, 5.74) is 2.82. The van der Waals surface area contributed by atoms with Crippen LogP contribution in [0, 0.1) is 12.3 Å². The van der Waals surface area contributed by atoms with Gasteiger partial charge in [-0.15, -0.1) is 0 Å². The molecule has 0 heterocycles. The number of benzene rings is 2. The van der Waals surface area contributed by atoms with Gasteiger partial charge in [-0.05, 0) is 54.0 Å². The van der Waals surface area contributed by atoms with Crippen molar-refractivity contribution in [2.24, 2.45) is 5.41 Å². The third kappa shape index (κ3) is 8.18. The number of carbonyl (C=O) groups is 1. The van der Waals surface area contributed by atoms with E-state index in [2.05, 4.69) is 52.1 Å². The summed E-state index contributed by atoms with van der Waals surface area (Å²) in [5, 5.41) is 2.81. The molecule has 0 aliphatic carbocycles. The molecule has 1 amide bonds. The third-order valence-electron chi connectivity index (χ3n) is 4.69. The first-order chi connectivity index (χ1) is 13.5. The van der Waals surface area contributed by atoms with Gasteiger partial charge in [0.15, 0.2) is 6.61 Å². The van der Waals surface area contributed by atoms with Gasteiger partial charge in [-0.3, -0.25) is 4.79 Å². The number of hydrogen-bond donors (Lipinski definition) is 1. The van der Waals surface area contributed by atoms with E-state index >= 15 is 0 Å². The van der Waals surface area contributed by atoms with Crippen molar-refractivity contribution in [1.29, 1.82) is 0 Å². The summed E-state index contributed by atoms with van der Waals surface area (Å²) in [6, 6.07) is 15.9. The van der Waals surface area contributed by atoms with Gasteiger partial charge in [0.25, 0.3) is 5.91 Å². The lowest BCUT2D eigenvalue weighted by Gasteiger charge is -2.33. The molecule has 4 nitrogen and oxygen atoms in total. The maximum absolute atomic E-state index is 12.0. The highest BCUT2D eigenvalue weighted by Crippen LogP contribution is 2.36. The number of amides is 1. The van der Waals surface area contributed by atoms with E-state index in [1.54, 1.807) is 0 Å². The average Bonchev–Trinajstić information content (AvgIpc) is 2.63. The Labute approximate surface area is 175 Å². The van der Waals surface area contributed by atoms with Crippen molar-refractivity contribution in [2.45, 2.75) is 53.4 Å². The molecule has 0 aromatic heterocycles. The van der Waals surface area contributed by atoms with Gasteiger partial charge in [0.05, 0.1) is 6.54 Å². The molecule has 158 valence electrons. The first-order valence-corrected chi connectivity index (χ1v) is 10.2. The van der Waals surface area contributed by atoms with Gasteiger partial charge >= 0.3 is 0 Å². The van der Waals surface area contributed by atoms with E-state index in [1.807, 2.05) is 43.3 Å². The number of ether oxygens (including phenoxy) is 2. The molecule has 0 spiro atoms. The molecule has 0 atom stereocenters. The Bertz CT molecular complexity index is 771. The maximum Gasteiger partial charge on any atom is 0.258 e. The minimum Gasteiger partial charge on any atom is -0.492 e. The second kappa shape index (κ2) is 9.82. The van der Waals surface area contributed by atoms with Crippen LogP contribution in [0.3, 0.4) is 0 Å². The Hall–Kier alpha value is -2.49. The predicted octanol–water partition coefficient (Wildman–Crippen LogP) is 5.28. The molecule has 2 aromatic carbocycles. The highest BCUT2D eigenvalue weighted by molar-refractivity contribution is 5.77. The van der Waals surface area contributed by atoms with Crippen LogP contribution in [-0.4, -0.2) is 25.7 Å². The fourth-order valence-electron chi connectivity index (χ4n) is 3.62. The van der Waals surface area contributed by atoms with Crippen LogP contribution in [0.4, 0.5) is 0 Å². The van der Waals surface area contributed by atoms with Crippen LogP contribution in [0.2, 0.25) is 0 Å². The summed E-state index contributed by atoms with van der Waals surface area (Å²) in [6.45, 7) is 14.2. The van der Waals surface area contributed by atoms with Gasteiger partial charge in [0, 0.05) is 0 Å². The molecule has 0 aliphatic rings. The predicted molar refractivity (Wildman–Crippen MR) is 119 cm³/mol. The molecule has 4 heteroatoms. The van der Waals surface area contributed by atoms with Gasteiger partial charge in [-0.2, -0.15) is 0 Å². The molecule has 1 N–H and O–H groups in total. The Morgan fingerprint density at radius 1 is 0.862 bits per heavy atom. The molecule has 0 saturated heterocycles. The standard InChI is InChI=1S/C25H35NO3/c1-19-7-11-21(12-8-19)28-16-15-26-23(27)17-29-22-13-9-20(10-14-22)25(5,6)18-24(2,3)4/h7-14H,15-18H2,1-6H3,(H,26,27). The van der Waals surface area contributed by atoms with Gasteiger partial charge in [0.1, 0.15) is 18.1 Å². The maximum atomic E-state index is 12.0. The van der Waals surface area contributed by atoms with Crippen LogP contribution in [0.25, 0.3) is 0 Å². The quantitative estimate of drug-likeness (QED) is 0.585. The SMILES string of the molecule is Cc1ccc(OCCNC(=O)COc2ccc(C(C)(C)CC(C)(C)C)cc2)cc1. The smallest absolute Gasteiger partial charge is 0.258 e. The average molecular weight is 398 g/mol. The van der Waals surface area contributed by atoms with Gasteiger partial charge < -0.3 is 14.8 Å². The zero-order valence-corrected chi connectivity index (χ0v) is 18.7. The van der Waals surface area contributed by atoms with Crippen molar-refractivity contribution < 1.29 is 14.3 Å². The topological polar surface area (TPSA) is 47.6 Å². The summed E-state index contributed by atoms with van der Waals surface area (Å²) in [6.07, 6.45) is 1.09. The number of carbonyl (C=O) groups excluding carboxylic acids is 1. The summed E-state index contributed by atoms with van der Waals surface area (Å²) >= 11 is 0. The number of rotatable bonds is 9. The van der Waals surface area contributed by atoms with Gasteiger partial charge in [-0.1, -0.05) is 64.4 Å². The molecule has 29 heavy (non-hydrogen) atoms. The van der Waals surface area contributed by atoms with Crippen molar-refractivity contribution in [1.82, 2.24) is 5.32 Å². The lowest BCUT2D eigenvalue weighted by Crippen LogP contribution is -2.32. The van der Waals surface area contributed by atoms with Crippen LogP contribution in [-0.2, 0) is 10.2 Å². The van der Waals surface area contributed by atoms with Gasteiger partial charge in [-0.25, -0.2) is 0 Å². The van der Waals surface area contributed by atoms with Crippen molar-refractivity contribution in [3.63, 3.8) is 0 Å². The highest BCUT2D eigenvalue weighted by Gasteiger charge is 2.27. The summed E-state index contributed by atoms with van der Waals surface area (Å²) in [7, 11) is 0. The second-order valence-corrected chi connectivity index (χ2v) is 9.45. The van der Waals surface area contributed by atoms with Crippen LogP contribution in [0.15, 0.2) is 48.5 Å². The normalized spacial score (nSPS) is 11.8. The summed E-state index contributed by atoms with van der Waals surface area (Å²) < 4.78 is 11.2. The van der Waals surface area contributed by atoms with Crippen LogP contribution < -0.4 is 14.8 Å². The van der Waals surface area contributed by atoms with E-state index < -0.39 is 0 Å². The molecule has 0 fully saturated rings. The number of aryl methyl sites for hydroxylation is 1. The Morgan fingerprint density at radius 2 is 1.41 bits per heavy atom. The Balaban J connectivity index is 1.72. The summed E-state index contributed by atoms with van der Waals surface area (Å²) in [5.74, 6) is 1.34. The van der Waals surface area contributed by atoms with Gasteiger partial charge in [0.2, 0.25) is 0 Å². The second-order valence-electron chi connectivity index (χ2n) is 9.45. The van der Waals surface area contributed by atoms with E-state index in [1.165, 1.54) is 11.1 Å². The van der Waals surface area contributed by atoms with E-state index in [4.69, 9.17) is 9.47 Å². The fourth-order valence-corrected chi connectivity index (χ4v) is 3.62. The largest absolute Gasteiger partial charge is 0.492 e. The molecule has 0 bridgehead atoms. The molecular formula is C25H35NO3. The first kappa shape index (κ1) is 22.8. The Kier molecular flexibility index (Phi) is 7.72. The lowest BCUT2D eigenvalue weighted by molar-refractivity contribution is -0.123. The molecule has 2 aromatic rings. The molecular weight excluding hydrogens is 362 g/mol. The Morgan fingerprint density at radius 3 is 2.00 bits per heavy atom. The zero-order chi connectivity index (χ0) is 21.5. The van der Waals surface area contributed by atoms with Crippen molar-refractivity contribution in [3.05, 3.63) is 59.7 Å². The lowest BCUT2D eigenvalue weighted by atomic mass is 9.72. The van der Waals surface area contributed by atoms with Crippen molar-refractivity contribution >= 4 is 5.91 Å². The number of hydrogen-bond acceptors (Lipinski definition) is 3.